The molecule has 10 rings (SSSR count). The van der Waals surface area contributed by atoms with Crippen LogP contribution in [-0.4, -0.2) is 108 Å². The van der Waals surface area contributed by atoms with Crippen LogP contribution in [0.2, 0.25) is 0 Å². The van der Waals surface area contributed by atoms with Crippen LogP contribution in [0.15, 0.2) is 83.8 Å². The number of aliphatic hydroxyl groups is 1. The fourth-order valence-corrected chi connectivity index (χ4v) is 10.4. The molecule has 1 spiro atoms. The zero-order valence-corrected chi connectivity index (χ0v) is 36.8. The topological polar surface area (TPSA) is 196 Å². The third-order valence-electron chi connectivity index (χ3n) is 14.4. The van der Waals surface area contributed by atoms with Crippen molar-refractivity contribution in [2.45, 2.75) is 95.4 Å². The minimum atomic E-state index is -1.12. The molecular weight excluding hydrogens is 825 g/mol. The number of pyridine rings is 2. The molecular formula is C48H56N12O5. The summed E-state index contributed by atoms with van der Waals surface area (Å²) in [6, 6.07) is 19.2. The largest absolute Gasteiger partial charge is 0.384 e. The van der Waals surface area contributed by atoms with Gasteiger partial charge in [0, 0.05) is 69.3 Å². The molecule has 5 aromatic rings. The van der Waals surface area contributed by atoms with Crippen molar-refractivity contribution in [3.63, 3.8) is 0 Å². The Hall–Kier alpha value is -6.46. The molecule has 3 amide bonds. The Morgan fingerprint density at radius 2 is 1.55 bits per heavy atom. The lowest BCUT2D eigenvalue weighted by Gasteiger charge is -2.49. The number of hydrogen-bond acceptors (Lipinski definition) is 13. The van der Waals surface area contributed by atoms with Crippen LogP contribution in [0.5, 0.6) is 0 Å². The minimum absolute atomic E-state index is 0.204. The van der Waals surface area contributed by atoms with E-state index in [0.717, 1.165) is 63.6 Å². The summed E-state index contributed by atoms with van der Waals surface area (Å²) < 4.78 is 3.33. The molecule has 338 valence electrons. The first-order valence-corrected chi connectivity index (χ1v) is 23.1. The van der Waals surface area contributed by atoms with E-state index in [1.54, 1.807) is 28.6 Å². The average molecular weight is 881 g/mol. The molecule has 17 nitrogen and oxygen atoms in total. The summed E-state index contributed by atoms with van der Waals surface area (Å²) in [5.41, 5.74) is 2.29. The minimum Gasteiger partial charge on any atom is -0.384 e. The molecule has 65 heavy (non-hydrogen) atoms. The number of carbonyl (C=O) groups is 3. The molecule has 4 N–H and O–H groups in total. The predicted molar refractivity (Wildman–Crippen MR) is 246 cm³/mol. The molecule has 8 heterocycles. The van der Waals surface area contributed by atoms with Gasteiger partial charge in [-0.1, -0.05) is 24.3 Å². The number of piperidine rings is 2. The smallest absolute Gasteiger partial charge is 0.278 e. The third-order valence-corrected chi connectivity index (χ3v) is 14.4. The maximum atomic E-state index is 13.6. The van der Waals surface area contributed by atoms with E-state index in [0.29, 0.717) is 59.3 Å². The second kappa shape index (κ2) is 17.5. The van der Waals surface area contributed by atoms with Gasteiger partial charge >= 0.3 is 0 Å². The molecule has 1 aliphatic carbocycles. The van der Waals surface area contributed by atoms with Crippen LogP contribution in [0.4, 0.5) is 23.1 Å². The molecule has 2 bridgehead atoms. The van der Waals surface area contributed by atoms with E-state index in [4.69, 9.17) is 9.97 Å². The standard InChI is InChI=1S/C48H56N12O5/c1-47(65)19-3-2-4-24-59-45(64)35-31-49-46(55-42(35)60(59)40-10-6-8-38(47)53-40)50-32-11-13-33(14-12-32)56-27-29-57(30-28-56)34-17-20-48(21-18-34)22-25-58(26-23-48)39-9-5-7-36(51-39)43(62)52-37-15-16-41(61)54-44(37)63/h2,4-14,31,34,37,65H,3,15-30H2,1H3,(H,52,62)(H,49,50,55)(H,54,61,63)/b4-2-/t37?,47-/m1/s1. The van der Waals surface area contributed by atoms with E-state index in [1.165, 1.54) is 31.4 Å². The van der Waals surface area contributed by atoms with Gasteiger partial charge in [-0.2, -0.15) is 4.98 Å². The van der Waals surface area contributed by atoms with E-state index in [2.05, 4.69) is 52.8 Å². The number of allylic oxidation sites excluding steroid dienone is 2. The molecule has 0 radical (unpaired) electrons. The first kappa shape index (κ1) is 42.5. The Morgan fingerprint density at radius 3 is 2.32 bits per heavy atom. The number of imide groups is 1. The highest BCUT2D eigenvalue weighted by atomic mass is 16.3. The molecule has 1 unspecified atom stereocenters. The van der Waals surface area contributed by atoms with Crippen molar-refractivity contribution in [1.29, 1.82) is 0 Å². The van der Waals surface area contributed by atoms with Crippen molar-refractivity contribution in [3.8, 4) is 5.82 Å². The van der Waals surface area contributed by atoms with Crippen LogP contribution >= 0.6 is 0 Å². The number of carbonyl (C=O) groups excluding carboxylic acids is 3. The van der Waals surface area contributed by atoms with E-state index in [1.807, 2.05) is 54.6 Å². The van der Waals surface area contributed by atoms with Crippen LogP contribution in [0.3, 0.4) is 0 Å². The molecule has 1 saturated carbocycles. The number of anilines is 4. The number of fused-ring (bicyclic) bond motifs is 6. The number of benzene rings is 1. The summed E-state index contributed by atoms with van der Waals surface area (Å²) >= 11 is 0. The molecule has 1 aromatic carbocycles. The lowest BCUT2D eigenvalue weighted by Crippen LogP contribution is -2.52. The molecule has 3 saturated heterocycles. The Balaban J connectivity index is 0.716. The first-order chi connectivity index (χ1) is 31.5. The number of rotatable bonds is 7. The summed E-state index contributed by atoms with van der Waals surface area (Å²) in [5, 5.41) is 19.9. The molecule has 4 fully saturated rings. The second-order valence-electron chi connectivity index (χ2n) is 18.6. The van der Waals surface area contributed by atoms with Gasteiger partial charge in [-0.05, 0) is 119 Å². The SMILES string of the molecule is C[C@@]1(O)CC/C=C\Cn2c(=O)c3cnc(Nc4ccc(N5CCN(C6CCC7(CC6)CCN(c6cccc(C(=O)NC8CCC(=O)NC8=O)n6)CC7)CC5)cc4)nc3n2-c2cccc1n2. The van der Waals surface area contributed by atoms with Crippen molar-refractivity contribution in [3.05, 3.63) is 101 Å². The monoisotopic (exact) mass is 880 g/mol. The zero-order chi connectivity index (χ0) is 44.7. The van der Waals surface area contributed by atoms with Crippen LogP contribution in [-0.2, 0) is 21.7 Å². The van der Waals surface area contributed by atoms with Crippen LogP contribution < -0.4 is 31.3 Å². The van der Waals surface area contributed by atoms with Crippen molar-refractivity contribution in [2.24, 2.45) is 5.41 Å². The molecule has 4 aromatic heterocycles. The van der Waals surface area contributed by atoms with Gasteiger partial charge in [0.1, 0.15) is 28.5 Å². The van der Waals surface area contributed by atoms with Gasteiger partial charge in [0.2, 0.25) is 17.8 Å². The number of nitrogens with zero attached hydrogens (tertiary/aromatic N) is 9. The highest BCUT2D eigenvalue weighted by Crippen LogP contribution is 2.46. The van der Waals surface area contributed by atoms with Gasteiger partial charge in [0.15, 0.2) is 11.5 Å². The zero-order valence-electron chi connectivity index (χ0n) is 36.8. The number of piperazine rings is 1. The van der Waals surface area contributed by atoms with Gasteiger partial charge < -0.3 is 25.5 Å². The van der Waals surface area contributed by atoms with E-state index >= 15 is 0 Å². The Kier molecular flexibility index (Phi) is 11.4. The number of hydrogen-bond donors (Lipinski definition) is 4. The van der Waals surface area contributed by atoms with Crippen LogP contribution in [0.1, 0.15) is 87.3 Å². The normalized spacial score (nSPS) is 23.4. The van der Waals surface area contributed by atoms with Gasteiger partial charge in [-0.25, -0.2) is 24.3 Å². The van der Waals surface area contributed by atoms with E-state index in [9.17, 15) is 24.3 Å². The van der Waals surface area contributed by atoms with Crippen LogP contribution in [0.25, 0.3) is 16.9 Å². The van der Waals surface area contributed by atoms with Crippen molar-refractivity contribution in [1.82, 2.24) is 44.8 Å². The summed E-state index contributed by atoms with van der Waals surface area (Å²) in [6.45, 7) is 7.90. The molecule has 5 aliphatic rings. The fraction of sp³-hybridized carbons (Fsp3) is 0.458. The quantitative estimate of drug-likeness (QED) is 0.131. The highest BCUT2D eigenvalue weighted by Gasteiger charge is 2.40. The van der Waals surface area contributed by atoms with Crippen molar-refractivity contribution in [2.75, 3.05) is 54.4 Å². The second-order valence-corrected chi connectivity index (χ2v) is 18.6. The highest BCUT2D eigenvalue weighted by molar-refractivity contribution is 6.03. The summed E-state index contributed by atoms with van der Waals surface area (Å²) in [6.07, 6.45) is 14.3. The van der Waals surface area contributed by atoms with Crippen molar-refractivity contribution >= 4 is 51.9 Å². The molecule has 4 aliphatic heterocycles. The maximum absolute atomic E-state index is 13.6. The molecule has 2 atom stereocenters. The number of aromatic nitrogens is 6. The first-order valence-electron chi connectivity index (χ1n) is 23.1. The maximum Gasteiger partial charge on any atom is 0.278 e. The van der Waals surface area contributed by atoms with Gasteiger partial charge in [0.25, 0.3) is 11.5 Å². The lowest BCUT2D eigenvalue weighted by molar-refractivity contribution is -0.134. The number of amides is 3. The number of nitrogens with one attached hydrogen (secondary N) is 3. The summed E-state index contributed by atoms with van der Waals surface area (Å²) in [5.74, 6) is 0.458. The van der Waals surface area contributed by atoms with Gasteiger partial charge in [-0.3, -0.25) is 29.4 Å². The van der Waals surface area contributed by atoms with Crippen LogP contribution in [0, 0.1) is 5.41 Å². The fourth-order valence-electron chi connectivity index (χ4n) is 10.4. The van der Waals surface area contributed by atoms with E-state index in [-0.39, 0.29) is 30.0 Å². The Morgan fingerprint density at radius 1 is 0.800 bits per heavy atom. The Bertz CT molecular complexity index is 2680. The predicted octanol–water partition coefficient (Wildman–Crippen LogP) is 4.56. The summed E-state index contributed by atoms with van der Waals surface area (Å²) in [4.78, 5) is 76.5. The van der Waals surface area contributed by atoms with Gasteiger partial charge in [-0.15, -0.1) is 0 Å². The lowest BCUT2D eigenvalue weighted by atomic mass is 9.66. The average Bonchev–Trinajstić information content (AvgIpc) is 3.59. The Labute approximate surface area is 376 Å². The van der Waals surface area contributed by atoms with E-state index < -0.39 is 23.5 Å². The molecule has 17 heteroatoms. The third kappa shape index (κ3) is 8.74. The summed E-state index contributed by atoms with van der Waals surface area (Å²) in [7, 11) is 0. The van der Waals surface area contributed by atoms with Crippen molar-refractivity contribution < 1.29 is 19.5 Å². The van der Waals surface area contributed by atoms with Gasteiger partial charge in [0.05, 0.1) is 12.2 Å².